The Labute approximate surface area is 87.9 Å². The van der Waals surface area contributed by atoms with Crippen LogP contribution in [-0.4, -0.2) is 23.1 Å². The Morgan fingerprint density at radius 3 is 2.64 bits per heavy atom. The molecule has 4 heteroatoms. The fourth-order valence-electron chi connectivity index (χ4n) is 1.23. The average Bonchev–Trinajstić information content (AvgIpc) is 2.18. The summed E-state index contributed by atoms with van der Waals surface area (Å²) >= 11 is 1.54. The second kappa shape index (κ2) is 4.21. The Morgan fingerprint density at radius 1 is 1.50 bits per heavy atom. The highest BCUT2D eigenvalue weighted by atomic mass is 32.2. The van der Waals surface area contributed by atoms with Crippen molar-refractivity contribution in [3.05, 3.63) is 23.8 Å². The maximum atomic E-state index is 9.35. The highest BCUT2D eigenvalue weighted by Crippen LogP contribution is 2.31. The molecule has 3 nitrogen and oxygen atoms in total. The lowest BCUT2D eigenvalue weighted by Crippen LogP contribution is -2.37. The maximum absolute atomic E-state index is 9.35. The van der Waals surface area contributed by atoms with E-state index >= 15 is 0 Å². The van der Waals surface area contributed by atoms with Crippen molar-refractivity contribution in [2.45, 2.75) is 17.4 Å². The molecule has 78 valence electrons. The van der Waals surface area contributed by atoms with Crippen LogP contribution in [0.5, 0.6) is 5.75 Å². The lowest BCUT2D eigenvalue weighted by Gasteiger charge is -2.24. The van der Waals surface area contributed by atoms with Crippen molar-refractivity contribution in [2.75, 3.05) is 12.9 Å². The van der Waals surface area contributed by atoms with Crippen molar-refractivity contribution in [2.24, 2.45) is 5.73 Å². The first-order chi connectivity index (χ1) is 6.51. The van der Waals surface area contributed by atoms with Crippen LogP contribution in [0.4, 0.5) is 0 Å². The van der Waals surface area contributed by atoms with E-state index in [2.05, 4.69) is 0 Å². The molecule has 0 aliphatic carbocycles. The predicted molar refractivity (Wildman–Crippen MR) is 58.5 cm³/mol. The Kier molecular flexibility index (Phi) is 3.42. The van der Waals surface area contributed by atoms with E-state index < -0.39 is 5.54 Å². The summed E-state index contributed by atoms with van der Waals surface area (Å²) in [6, 6.07) is 5.01. The first kappa shape index (κ1) is 11.4. The van der Waals surface area contributed by atoms with Gasteiger partial charge in [-0.1, -0.05) is 0 Å². The lowest BCUT2D eigenvalue weighted by atomic mass is 9.94. The van der Waals surface area contributed by atoms with Crippen LogP contribution in [-0.2, 0) is 5.54 Å². The smallest absolute Gasteiger partial charge is 0.116 e. The monoisotopic (exact) mass is 213 g/mol. The van der Waals surface area contributed by atoms with Crippen molar-refractivity contribution < 1.29 is 10.2 Å². The minimum Gasteiger partial charge on any atom is -0.508 e. The number of thioether (sulfide) groups is 1. The molecule has 0 spiro atoms. The number of aromatic hydroxyl groups is 1. The highest BCUT2D eigenvalue weighted by Gasteiger charge is 2.23. The molecule has 0 unspecified atom stereocenters. The lowest BCUT2D eigenvalue weighted by molar-refractivity contribution is 0.208. The molecule has 0 aromatic heterocycles. The van der Waals surface area contributed by atoms with E-state index in [-0.39, 0.29) is 12.4 Å². The van der Waals surface area contributed by atoms with Crippen LogP contribution in [0.25, 0.3) is 0 Å². The summed E-state index contributed by atoms with van der Waals surface area (Å²) in [7, 11) is 0. The second-order valence-electron chi connectivity index (χ2n) is 3.46. The summed E-state index contributed by atoms with van der Waals surface area (Å²) in [6.45, 7) is 1.59. The maximum Gasteiger partial charge on any atom is 0.116 e. The molecule has 1 atom stereocenters. The number of rotatable bonds is 3. The van der Waals surface area contributed by atoms with Gasteiger partial charge in [0.05, 0.1) is 12.1 Å². The first-order valence-electron chi connectivity index (χ1n) is 4.28. The van der Waals surface area contributed by atoms with E-state index in [1.54, 1.807) is 36.9 Å². The molecular formula is C10H15NO2S. The standard InChI is InChI=1S/C10H15NO2S/c1-10(11,6-12)8-5-7(13)3-4-9(8)14-2/h3-5,12-13H,6,11H2,1-2H3/t10-/m0/s1. The largest absolute Gasteiger partial charge is 0.508 e. The van der Waals surface area contributed by atoms with Crippen LogP contribution in [0, 0.1) is 0 Å². The number of phenols is 1. The van der Waals surface area contributed by atoms with Crippen LogP contribution in [0.15, 0.2) is 23.1 Å². The number of benzene rings is 1. The third-order valence-electron chi connectivity index (χ3n) is 2.13. The molecule has 0 saturated heterocycles. The molecule has 0 heterocycles. The van der Waals surface area contributed by atoms with Gasteiger partial charge in [0.2, 0.25) is 0 Å². The predicted octanol–water partition coefficient (Wildman–Crippen LogP) is 1.28. The quantitative estimate of drug-likeness (QED) is 0.662. The van der Waals surface area contributed by atoms with E-state index in [9.17, 15) is 5.11 Å². The van der Waals surface area contributed by atoms with Gasteiger partial charge in [-0.3, -0.25) is 0 Å². The Balaban J connectivity index is 3.23. The van der Waals surface area contributed by atoms with Crippen LogP contribution in [0.1, 0.15) is 12.5 Å². The van der Waals surface area contributed by atoms with Crippen LogP contribution >= 0.6 is 11.8 Å². The highest BCUT2D eigenvalue weighted by molar-refractivity contribution is 7.98. The summed E-state index contributed by atoms with van der Waals surface area (Å²) in [4.78, 5) is 0.974. The zero-order valence-corrected chi connectivity index (χ0v) is 9.14. The average molecular weight is 213 g/mol. The van der Waals surface area contributed by atoms with E-state index in [4.69, 9.17) is 10.8 Å². The van der Waals surface area contributed by atoms with Gasteiger partial charge >= 0.3 is 0 Å². The molecule has 0 fully saturated rings. The SMILES string of the molecule is CSc1ccc(O)cc1[C@@](C)(N)CO. The van der Waals surface area contributed by atoms with Gasteiger partial charge in [-0.15, -0.1) is 11.8 Å². The number of phenolic OH excluding ortho intramolecular Hbond substituents is 1. The van der Waals surface area contributed by atoms with Crippen LogP contribution in [0.3, 0.4) is 0 Å². The normalized spacial score (nSPS) is 15.1. The summed E-state index contributed by atoms with van der Waals surface area (Å²) in [5.74, 6) is 0.169. The van der Waals surface area contributed by atoms with Crippen molar-refractivity contribution >= 4 is 11.8 Å². The number of aliphatic hydroxyl groups is 1. The molecule has 0 saturated carbocycles. The molecule has 1 aromatic rings. The van der Waals surface area contributed by atoms with Crippen LogP contribution < -0.4 is 5.73 Å². The molecule has 4 N–H and O–H groups in total. The Bertz CT molecular complexity index is 326. The summed E-state index contributed by atoms with van der Waals surface area (Å²) in [6.07, 6.45) is 1.93. The number of hydrogen-bond donors (Lipinski definition) is 3. The van der Waals surface area contributed by atoms with E-state index in [0.29, 0.717) is 0 Å². The summed E-state index contributed by atoms with van der Waals surface area (Å²) in [5, 5.41) is 18.5. The van der Waals surface area contributed by atoms with E-state index in [1.165, 1.54) is 0 Å². The van der Waals surface area contributed by atoms with Gasteiger partial charge in [0.15, 0.2) is 0 Å². The third kappa shape index (κ3) is 2.20. The van der Waals surface area contributed by atoms with Gasteiger partial charge in [-0.05, 0) is 36.9 Å². The van der Waals surface area contributed by atoms with Gasteiger partial charge in [0, 0.05) is 4.90 Å². The van der Waals surface area contributed by atoms with Crippen molar-refractivity contribution in [3.8, 4) is 5.75 Å². The van der Waals surface area contributed by atoms with Gasteiger partial charge in [-0.2, -0.15) is 0 Å². The molecule has 0 aliphatic rings. The van der Waals surface area contributed by atoms with Crippen molar-refractivity contribution in [1.82, 2.24) is 0 Å². The molecule has 14 heavy (non-hydrogen) atoms. The molecule has 1 aromatic carbocycles. The minimum atomic E-state index is -0.808. The number of aliphatic hydroxyl groups excluding tert-OH is 1. The fraction of sp³-hybridized carbons (Fsp3) is 0.400. The summed E-state index contributed by atoms with van der Waals surface area (Å²) < 4.78 is 0. The molecular weight excluding hydrogens is 198 g/mol. The fourth-order valence-corrected chi connectivity index (χ4v) is 1.94. The van der Waals surface area contributed by atoms with Crippen molar-refractivity contribution in [1.29, 1.82) is 0 Å². The molecule has 0 bridgehead atoms. The zero-order chi connectivity index (χ0) is 10.8. The molecule has 0 aliphatic heterocycles. The topological polar surface area (TPSA) is 66.5 Å². The first-order valence-corrected chi connectivity index (χ1v) is 5.51. The second-order valence-corrected chi connectivity index (χ2v) is 4.31. The molecule has 1 rings (SSSR count). The Morgan fingerprint density at radius 2 is 2.14 bits per heavy atom. The number of hydrogen-bond acceptors (Lipinski definition) is 4. The van der Waals surface area contributed by atoms with Gasteiger partial charge in [0.25, 0.3) is 0 Å². The van der Waals surface area contributed by atoms with E-state index in [0.717, 1.165) is 10.5 Å². The van der Waals surface area contributed by atoms with Gasteiger partial charge < -0.3 is 15.9 Å². The van der Waals surface area contributed by atoms with Crippen LogP contribution in [0.2, 0.25) is 0 Å². The zero-order valence-electron chi connectivity index (χ0n) is 8.32. The Hall–Kier alpha value is -0.710. The number of nitrogens with two attached hydrogens (primary N) is 1. The van der Waals surface area contributed by atoms with Gasteiger partial charge in [0.1, 0.15) is 5.75 Å². The minimum absolute atomic E-state index is 0.149. The molecule has 0 amide bonds. The van der Waals surface area contributed by atoms with Crippen molar-refractivity contribution in [3.63, 3.8) is 0 Å². The van der Waals surface area contributed by atoms with E-state index in [1.807, 2.05) is 6.26 Å². The molecule has 0 radical (unpaired) electrons. The third-order valence-corrected chi connectivity index (χ3v) is 2.92. The summed E-state index contributed by atoms with van der Waals surface area (Å²) in [5.41, 5.74) is 5.87. The van der Waals surface area contributed by atoms with Gasteiger partial charge in [-0.25, -0.2) is 0 Å².